The molecule has 7 heteroatoms. The van der Waals surface area contributed by atoms with Crippen LogP contribution >= 0.6 is 23.4 Å². The second-order valence-electron chi connectivity index (χ2n) is 8.25. The van der Waals surface area contributed by atoms with E-state index in [0.29, 0.717) is 34.4 Å². The van der Waals surface area contributed by atoms with Gasteiger partial charge in [-0.3, -0.25) is 4.79 Å². The number of nitrogens with zero attached hydrogens (tertiary/aromatic N) is 4. The summed E-state index contributed by atoms with van der Waals surface area (Å²) < 4.78 is 1.63. The summed E-state index contributed by atoms with van der Waals surface area (Å²) in [6.45, 7) is 0. The molecule has 2 aromatic heterocycles. The fraction of sp³-hybridized carbons (Fsp3) is 0.154. The average molecular weight is 471 g/mol. The molecule has 33 heavy (non-hydrogen) atoms. The Bertz CT molecular complexity index is 1520. The number of benzene rings is 3. The van der Waals surface area contributed by atoms with Gasteiger partial charge in [0.25, 0.3) is 5.78 Å². The first-order chi connectivity index (χ1) is 16.1. The van der Waals surface area contributed by atoms with Crippen LogP contribution in [0.3, 0.4) is 0 Å². The van der Waals surface area contributed by atoms with Gasteiger partial charge in [0.1, 0.15) is 0 Å². The summed E-state index contributed by atoms with van der Waals surface area (Å²) in [5, 5.41) is 8.37. The smallest absolute Gasteiger partial charge is 0.253 e. The first kappa shape index (κ1) is 20.4. The molecule has 0 N–H and O–H groups in total. The average Bonchev–Trinajstić information content (AvgIpc) is 3.23. The van der Waals surface area contributed by atoms with Crippen molar-refractivity contribution in [1.82, 2.24) is 19.6 Å². The van der Waals surface area contributed by atoms with Gasteiger partial charge >= 0.3 is 0 Å². The summed E-state index contributed by atoms with van der Waals surface area (Å²) >= 11 is 7.74. The highest BCUT2D eigenvalue weighted by atomic mass is 35.5. The van der Waals surface area contributed by atoms with Gasteiger partial charge in [-0.1, -0.05) is 78.0 Å². The zero-order valence-corrected chi connectivity index (χ0v) is 19.2. The molecular weight excluding hydrogens is 452 g/mol. The van der Waals surface area contributed by atoms with E-state index < -0.39 is 0 Å². The van der Waals surface area contributed by atoms with Gasteiger partial charge in [-0.05, 0) is 46.4 Å². The lowest BCUT2D eigenvalue weighted by Gasteiger charge is -2.23. The normalized spacial score (nSPS) is 15.8. The summed E-state index contributed by atoms with van der Waals surface area (Å²) in [4.78, 5) is 22.2. The van der Waals surface area contributed by atoms with E-state index in [-0.39, 0.29) is 11.7 Å². The maximum absolute atomic E-state index is 12.9. The van der Waals surface area contributed by atoms with Crippen molar-refractivity contribution in [3.05, 3.63) is 100 Å². The monoisotopic (exact) mass is 470 g/mol. The number of Topliss-reactive ketones (excluding diaryl/α,β-unsaturated/α-hetero) is 1. The fourth-order valence-electron chi connectivity index (χ4n) is 4.48. The van der Waals surface area contributed by atoms with E-state index in [0.717, 1.165) is 17.0 Å². The van der Waals surface area contributed by atoms with Gasteiger partial charge in [-0.15, -0.1) is 5.10 Å². The molecule has 3 aromatic carbocycles. The Morgan fingerprint density at radius 3 is 2.76 bits per heavy atom. The number of ketones is 1. The molecule has 1 atom stereocenters. The minimum Gasteiger partial charge on any atom is -0.294 e. The molecule has 0 radical (unpaired) electrons. The van der Waals surface area contributed by atoms with Crippen LogP contribution in [-0.2, 0) is 12.2 Å². The molecule has 0 fully saturated rings. The number of thioether (sulfide) groups is 1. The van der Waals surface area contributed by atoms with Gasteiger partial charge < -0.3 is 0 Å². The Kier molecular flexibility index (Phi) is 5.12. The summed E-state index contributed by atoms with van der Waals surface area (Å²) in [7, 11) is 0. The van der Waals surface area contributed by atoms with E-state index in [1.54, 1.807) is 22.5 Å². The molecule has 162 valence electrons. The lowest BCUT2D eigenvalue weighted by atomic mass is 9.82. The van der Waals surface area contributed by atoms with Crippen LogP contribution in [0.1, 0.15) is 39.5 Å². The topological polar surface area (TPSA) is 60.2 Å². The highest BCUT2D eigenvalue weighted by Gasteiger charge is 2.28. The molecule has 5 aromatic rings. The first-order valence-electron chi connectivity index (χ1n) is 10.8. The zero-order chi connectivity index (χ0) is 22.4. The van der Waals surface area contributed by atoms with Gasteiger partial charge in [0.15, 0.2) is 5.78 Å². The van der Waals surface area contributed by atoms with Crippen LogP contribution < -0.4 is 0 Å². The number of rotatable bonds is 4. The molecular formula is C26H19ClN4OS. The predicted octanol–water partition coefficient (Wildman–Crippen LogP) is 6.14. The Morgan fingerprint density at radius 1 is 1.00 bits per heavy atom. The van der Waals surface area contributed by atoms with Gasteiger partial charge in [0.2, 0.25) is 5.16 Å². The van der Waals surface area contributed by atoms with Crippen molar-refractivity contribution in [2.45, 2.75) is 29.7 Å². The second-order valence-corrected chi connectivity index (χ2v) is 9.63. The van der Waals surface area contributed by atoms with Crippen molar-refractivity contribution in [3.8, 4) is 0 Å². The Morgan fingerprint density at radius 2 is 1.85 bits per heavy atom. The van der Waals surface area contributed by atoms with E-state index >= 15 is 0 Å². The van der Waals surface area contributed by atoms with Crippen LogP contribution in [0.25, 0.3) is 16.6 Å². The fourth-order valence-corrected chi connectivity index (χ4v) is 5.51. The number of halogens is 1. The summed E-state index contributed by atoms with van der Waals surface area (Å²) in [6, 6.07) is 22.4. The number of carbonyl (C=O) groups excluding carboxylic acids is 1. The number of aromatic nitrogens is 4. The van der Waals surface area contributed by atoms with E-state index in [1.807, 2.05) is 24.3 Å². The van der Waals surface area contributed by atoms with Crippen molar-refractivity contribution in [3.63, 3.8) is 0 Å². The Hall–Kier alpha value is -3.22. The first-order valence-corrected chi connectivity index (χ1v) is 12.1. The Labute approximate surface area is 199 Å². The Balaban J connectivity index is 1.28. The quantitative estimate of drug-likeness (QED) is 0.295. The SMILES string of the molecule is O=C1CC(c2cccc(Cl)c2)Cc2nc3nc(SCc4cccc5ccccc45)nn3cc21. The standard InChI is InChI=1S/C26H19ClN4OS/c27-20-9-4-7-17(11-20)19-12-23-22(24(32)13-19)14-31-25(28-23)29-26(30-31)33-15-18-8-3-6-16-5-1-2-10-21(16)18/h1-11,14,19H,12-13,15H2. The number of fused-ring (bicyclic) bond motifs is 3. The molecule has 0 amide bonds. The van der Waals surface area contributed by atoms with Crippen LogP contribution in [0, 0.1) is 0 Å². The maximum Gasteiger partial charge on any atom is 0.253 e. The molecule has 0 aliphatic heterocycles. The third kappa shape index (κ3) is 3.90. The number of hydrogen-bond donors (Lipinski definition) is 0. The highest BCUT2D eigenvalue weighted by molar-refractivity contribution is 7.98. The molecule has 0 saturated carbocycles. The third-order valence-electron chi connectivity index (χ3n) is 6.12. The molecule has 0 saturated heterocycles. The molecule has 0 bridgehead atoms. The summed E-state index contributed by atoms with van der Waals surface area (Å²) in [5.41, 5.74) is 3.72. The van der Waals surface area contributed by atoms with Crippen LogP contribution in [0.2, 0.25) is 5.02 Å². The van der Waals surface area contributed by atoms with Crippen LogP contribution in [-0.4, -0.2) is 25.4 Å². The third-order valence-corrected chi connectivity index (χ3v) is 7.24. The zero-order valence-electron chi connectivity index (χ0n) is 17.6. The van der Waals surface area contributed by atoms with E-state index in [9.17, 15) is 4.79 Å². The molecule has 1 aliphatic carbocycles. The van der Waals surface area contributed by atoms with Gasteiger partial charge in [-0.2, -0.15) is 4.98 Å². The predicted molar refractivity (Wildman–Crippen MR) is 131 cm³/mol. The van der Waals surface area contributed by atoms with Crippen molar-refractivity contribution in [2.75, 3.05) is 0 Å². The molecule has 5 nitrogen and oxygen atoms in total. The molecule has 1 unspecified atom stereocenters. The molecule has 1 aliphatic rings. The minimum atomic E-state index is 0.0711. The van der Waals surface area contributed by atoms with Gasteiger partial charge in [0.05, 0.1) is 11.3 Å². The van der Waals surface area contributed by atoms with Crippen molar-refractivity contribution < 1.29 is 4.79 Å². The van der Waals surface area contributed by atoms with Crippen LogP contribution in [0.5, 0.6) is 0 Å². The van der Waals surface area contributed by atoms with Gasteiger partial charge in [0, 0.05) is 23.4 Å². The highest BCUT2D eigenvalue weighted by Crippen LogP contribution is 2.33. The van der Waals surface area contributed by atoms with Gasteiger partial charge in [-0.25, -0.2) is 9.50 Å². The van der Waals surface area contributed by atoms with E-state index in [4.69, 9.17) is 16.6 Å². The second kappa shape index (κ2) is 8.28. The minimum absolute atomic E-state index is 0.0711. The van der Waals surface area contributed by atoms with Crippen molar-refractivity contribution >= 4 is 45.7 Å². The maximum atomic E-state index is 12.9. The molecule has 0 spiro atoms. The summed E-state index contributed by atoms with van der Waals surface area (Å²) in [6.07, 6.45) is 2.91. The number of carbonyl (C=O) groups is 1. The van der Waals surface area contributed by atoms with Crippen LogP contribution in [0.4, 0.5) is 0 Å². The number of hydrogen-bond acceptors (Lipinski definition) is 5. The van der Waals surface area contributed by atoms with E-state index in [1.165, 1.54) is 16.3 Å². The largest absolute Gasteiger partial charge is 0.294 e. The summed E-state index contributed by atoms with van der Waals surface area (Å²) in [5.74, 6) is 1.43. The van der Waals surface area contributed by atoms with E-state index in [2.05, 4.69) is 52.5 Å². The lowest BCUT2D eigenvalue weighted by Crippen LogP contribution is -2.21. The molecule has 2 heterocycles. The molecule has 6 rings (SSSR count). The van der Waals surface area contributed by atoms with Crippen LogP contribution in [0.15, 0.2) is 78.1 Å². The van der Waals surface area contributed by atoms with Crippen molar-refractivity contribution in [2.24, 2.45) is 0 Å². The van der Waals surface area contributed by atoms with Crippen molar-refractivity contribution in [1.29, 1.82) is 0 Å². The lowest BCUT2D eigenvalue weighted by molar-refractivity contribution is 0.0962.